The van der Waals surface area contributed by atoms with Crippen molar-refractivity contribution in [3.05, 3.63) is 51.9 Å². The van der Waals surface area contributed by atoms with Gasteiger partial charge in [0.1, 0.15) is 11.3 Å². The molecule has 1 unspecified atom stereocenters. The Morgan fingerprint density at radius 2 is 2.26 bits per heavy atom. The third-order valence-electron chi connectivity index (χ3n) is 4.07. The van der Waals surface area contributed by atoms with Crippen molar-refractivity contribution in [3.63, 3.8) is 0 Å². The van der Waals surface area contributed by atoms with Crippen LogP contribution >= 0.6 is 11.8 Å². The van der Waals surface area contributed by atoms with E-state index in [-0.39, 0.29) is 23.1 Å². The molecule has 0 radical (unpaired) electrons. The Morgan fingerprint density at radius 3 is 3.17 bits per heavy atom. The number of hydrogen-bond acceptors (Lipinski definition) is 5. The Balaban J connectivity index is 1.61. The van der Waals surface area contributed by atoms with Crippen LogP contribution in [0.5, 0.6) is 5.75 Å². The van der Waals surface area contributed by atoms with Crippen molar-refractivity contribution < 1.29 is 9.53 Å². The standard InChI is InChI=1S/C16H15N3O3S/c20-14(11-9-17-16-19(15(11)21)6-8-23-16)18-12-5-7-22-13-4-2-1-3-10(12)13/h1-4,9,12H,5-8H2,(H,18,20). The molecular weight excluding hydrogens is 314 g/mol. The molecule has 3 heterocycles. The van der Waals surface area contributed by atoms with Crippen LogP contribution < -0.4 is 15.6 Å². The van der Waals surface area contributed by atoms with E-state index in [2.05, 4.69) is 10.3 Å². The van der Waals surface area contributed by atoms with Crippen LogP contribution in [0.15, 0.2) is 40.4 Å². The molecule has 0 saturated heterocycles. The summed E-state index contributed by atoms with van der Waals surface area (Å²) >= 11 is 1.53. The molecule has 7 heteroatoms. The van der Waals surface area contributed by atoms with Crippen LogP contribution in [-0.4, -0.2) is 27.8 Å². The number of aromatic nitrogens is 2. The fraction of sp³-hybridized carbons (Fsp3) is 0.312. The number of rotatable bonds is 2. The van der Waals surface area contributed by atoms with Gasteiger partial charge in [0.05, 0.1) is 12.6 Å². The van der Waals surface area contributed by atoms with E-state index in [1.165, 1.54) is 18.0 Å². The molecule has 1 N–H and O–H groups in total. The quantitative estimate of drug-likeness (QED) is 0.847. The molecule has 0 fully saturated rings. The number of thioether (sulfide) groups is 1. The number of carbonyl (C=O) groups is 1. The molecule has 1 amide bonds. The molecule has 1 aromatic carbocycles. The van der Waals surface area contributed by atoms with E-state index in [9.17, 15) is 9.59 Å². The van der Waals surface area contributed by atoms with Gasteiger partial charge in [-0.3, -0.25) is 14.2 Å². The Labute approximate surface area is 136 Å². The highest BCUT2D eigenvalue weighted by atomic mass is 32.2. The second kappa shape index (κ2) is 5.73. The van der Waals surface area contributed by atoms with Crippen LogP contribution in [0, 0.1) is 0 Å². The SMILES string of the molecule is O=C(NC1CCOc2ccccc21)c1cnc2n(c1=O)CCS2. The van der Waals surface area contributed by atoms with Gasteiger partial charge in [-0.2, -0.15) is 0 Å². The van der Waals surface area contributed by atoms with E-state index in [4.69, 9.17) is 4.74 Å². The molecule has 4 rings (SSSR count). The van der Waals surface area contributed by atoms with Crippen molar-refractivity contribution in [1.82, 2.24) is 14.9 Å². The maximum atomic E-state index is 12.5. The molecule has 0 bridgehead atoms. The van der Waals surface area contributed by atoms with Gasteiger partial charge in [0, 0.05) is 30.5 Å². The molecule has 1 atom stereocenters. The first-order valence-corrected chi connectivity index (χ1v) is 8.48. The van der Waals surface area contributed by atoms with Crippen molar-refractivity contribution >= 4 is 17.7 Å². The van der Waals surface area contributed by atoms with E-state index >= 15 is 0 Å². The van der Waals surface area contributed by atoms with Crippen molar-refractivity contribution in [2.45, 2.75) is 24.2 Å². The highest BCUT2D eigenvalue weighted by Crippen LogP contribution is 2.31. The minimum atomic E-state index is -0.378. The second-order valence-corrected chi connectivity index (χ2v) is 6.52. The molecular formula is C16H15N3O3S. The zero-order chi connectivity index (χ0) is 15.8. The number of amides is 1. The molecule has 1 aromatic heterocycles. The number of hydrogen-bond donors (Lipinski definition) is 1. The largest absolute Gasteiger partial charge is 0.493 e. The van der Waals surface area contributed by atoms with Crippen LogP contribution in [0.1, 0.15) is 28.4 Å². The van der Waals surface area contributed by atoms with Crippen molar-refractivity contribution in [1.29, 1.82) is 0 Å². The molecule has 0 spiro atoms. The lowest BCUT2D eigenvalue weighted by Gasteiger charge is -2.26. The van der Waals surface area contributed by atoms with Gasteiger partial charge in [0.25, 0.3) is 11.5 Å². The average molecular weight is 329 g/mol. The summed E-state index contributed by atoms with van der Waals surface area (Å²) in [6.45, 7) is 1.15. The van der Waals surface area contributed by atoms with Gasteiger partial charge in [-0.1, -0.05) is 30.0 Å². The lowest BCUT2D eigenvalue weighted by Crippen LogP contribution is -2.37. The molecule has 6 nitrogen and oxygen atoms in total. The summed E-state index contributed by atoms with van der Waals surface area (Å²) in [6.07, 6.45) is 2.06. The van der Waals surface area contributed by atoms with Gasteiger partial charge in [-0.05, 0) is 6.07 Å². The molecule has 118 valence electrons. The van der Waals surface area contributed by atoms with Crippen LogP contribution in [-0.2, 0) is 6.54 Å². The maximum Gasteiger partial charge on any atom is 0.267 e. The van der Waals surface area contributed by atoms with Crippen LogP contribution in [0.25, 0.3) is 0 Å². The van der Waals surface area contributed by atoms with E-state index in [1.807, 2.05) is 24.3 Å². The van der Waals surface area contributed by atoms with E-state index in [1.54, 1.807) is 4.57 Å². The zero-order valence-electron chi connectivity index (χ0n) is 12.3. The summed E-state index contributed by atoms with van der Waals surface area (Å²) in [5, 5.41) is 3.63. The average Bonchev–Trinajstić information content (AvgIpc) is 3.05. The maximum absolute atomic E-state index is 12.5. The number of fused-ring (bicyclic) bond motifs is 2. The van der Waals surface area contributed by atoms with E-state index in [0.29, 0.717) is 24.7 Å². The summed E-state index contributed by atoms with van der Waals surface area (Å²) in [5.41, 5.74) is 0.773. The third kappa shape index (κ3) is 2.50. The fourth-order valence-corrected chi connectivity index (χ4v) is 3.82. The topological polar surface area (TPSA) is 73.2 Å². The minimum Gasteiger partial charge on any atom is -0.493 e. The molecule has 0 saturated carbocycles. The number of benzene rings is 1. The Bertz CT molecular complexity index is 834. The summed E-state index contributed by atoms with van der Waals surface area (Å²) in [5.74, 6) is 1.22. The minimum absolute atomic E-state index is 0.0974. The van der Waals surface area contributed by atoms with E-state index < -0.39 is 0 Å². The monoisotopic (exact) mass is 329 g/mol. The van der Waals surface area contributed by atoms with Gasteiger partial charge in [-0.15, -0.1) is 0 Å². The molecule has 0 aliphatic carbocycles. The van der Waals surface area contributed by atoms with Gasteiger partial charge >= 0.3 is 0 Å². The van der Waals surface area contributed by atoms with Crippen LogP contribution in [0.4, 0.5) is 0 Å². The Hall–Kier alpha value is -2.28. The smallest absolute Gasteiger partial charge is 0.267 e. The molecule has 23 heavy (non-hydrogen) atoms. The highest BCUT2D eigenvalue weighted by Gasteiger charge is 2.25. The van der Waals surface area contributed by atoms with Gasteiger partial charge < -0.3 is 10.1 Å². The van der Waals surface area contributed by atoms with Crippen LogP contribution in [0.2, 0.25) is 0 Å². The Kier molecular flexibility index (Phi) is 3.57. The third-order valence-corrected chi connectivity index (χ3v) is 5.04. The molecule has 2 aliphatic rings. The number of carbonyl (C=O) groups excluding carboxylic acids is 1. The first-order valence-electron chi connectivity index (χ1n) is 7.49. The van der Waals surface area contributed by atoms with Gasteiger partial charge in [0.2, 0.25) is 0 Å². The number of para-hydroxylation sites is 1. The number of nitrogens with zero attached hydrogens (tertiary/aromatic N) is 2. The van der Waals surface area contributed by atoms with Gasteiger partial charge in [0.15, 0.2) is 5.16 Å². The summed E-state index contributed by atoms with van der Waals surface area (Å²) in [7, 11) is 0. The van der Waals surface area contributed by atoms with Crippen molar-refractivity contribution in [3.8, 4) is 5.75 Å². The second-order valence-electron chi connectivity index (χ2n) is 5.46. The summed E-state index contributed by atoms with van der Waals surface area (Å²) in [6, 6.07) is 7.48. The molecule has 2 aliphatic heterocycles. The Morgan fingerprint density at radius 1 is 1.39 bits per heavy atom. The number of nitrogens with one attached hydrogen (secondary N) is 1. The van der Waals surface area contributed by atoms with Crippen molar-refractivity contribution in [2.75, 3.05) is 12.4 Å². The molecule has 2 aromatic rings. The zero-order valence-corrected chi connectivity index (χ0v) is 13.1. The lowest BCUT2D eigenvalue weighted by atomic mass is 10.0. The number of ether oxygens (including phenoxy) is 1. The first-order chi connectivity index (χ1) is 11.2. The predicted octanol–water partition coefficient (Wildman–Crippen LogP) is 1.60. The van der Waals surface area contributed by atoms with Crippen LogP contribution in [0.3, 0.4) is 0 Å². The predicted molar refractivity (Wildman–Crippen MR) is 86.0 cm³/mol. The fourth-order valence-electron chi connectivity index (χ4n) is 2.90. The lowest BCUT2D eigenvalue weighted by molar-refractivity contribution is 0.0922. The summed E-state index contributed by atoms with van der Waals surface area (Å²) < 4.78 is 7.16. The van der Waals surface area contributed by atoms with Crippen molar-refractivity contribution in [2.24, 2.45) is 0 Å². The van der Waals surface area contributed by atoms with E-state index in [0.717, 1.165) is 17.1 Å². The highest BCUT2D eigenvalue weighted by molar-refractivity contribution is 7.99. The first kappa shape index (κ1) is 14.3. The summed E-state index contributed by atoms with van der Waals surface area (Å²) in [4.78, 5) is 29.2. The normalized spacial score (nSPS) is 18.7. The van der Waals surface area contributed by atoms with Gasteiger partial charge in [-0.25, -0.2) is 4.98 Å².